The third kappa shape index (κ3) is 1.88. The number of nitrogens with two attached hydrogens (primary N) is 1. The number of aromatic nitrogens is 2. The topological polar surface area (TPSA) is 43.8 Å². The number of hydrogen-bond acceptors (Lipinski definition) is 2. The van der Waals surface area contributed by atoms with Gasteiger partial charge in [-0.2, -0.15) is 0 Å². The Kier molecular flexibility index (Phi) is 2.59. The minimum Gasteiger partial charge on any atom is -0.399 e. The fraction of sp³-hybridized carbons (Fsp3) is 0.0714. The van der Waals surface area contributed by atoms with Gasteiger partial charge in [0, 0.05) is 15.8 Å². The smallest absolute Gasteiger partial charge is 0.100 e. The number of rotatable bonds is 1. The second-order valence-corrected chi connectivity index (χ2v) is 5.27. The molecule has 0 saturated heterocycles. The van der Waals surface area contributed by atoms with Gasteiger partial charge in [0.2, 0.25) is 0 Å². The van der Waals surface area contributed by atoms with Gasteiger partial charge in [0.05, 0.1) is 11.0 Å². The Hall–Kier alpha value is -1.81. The van der Waals surface area contributed by atoms with Crippen LogP contribution in [0.5, 0.6) is 0 Å². The van der Waals surface area contributed by atoms with Crippen molar-refractivity contribution in [2.45, 2.75) is 6.92 Å². The number of nitrogens with zero attached hydrogens (tertiary/aromatic N) is 2. The van der Waals surface area contributed by atoms with Crippen LogP contribution in [-0.2, 0) is 0 Å². The number of hydrogen-bond donors (Lipinski definition) is 1. The van der Waals surface area contributed by atoms with Crippen molar-refractivity contribution in [1.29, 1.82) is 0 Å². The van der Waals surface area contributed by atoms with E-state index in [2.05, 4.69) is 50.6 Å². The predicted molar refractivity (Wildman–Crippen MR) is 77.9 cm³/mol. The molecule has 0 atom stereocenters. The summed E-state index contributed by atoms with van der Waals surface area (Å²) in [4.78, 5) is 4.38. The molecule has 90 valence electrons. The molecule has 0 amide bonds. The number of fused-ring (bicyclic) bond motifs is 1. The van der Waals surface area contributed by atoms with Gasteiger partial charge in [-0.25, -0.2) is 4.98 Å². The number of benzene rings is 2. The Labute approximate surface area is 113 Å². The maximum atomic E-state index is 5.76. The maximum absolute atomic E-state index is 5.76. The number of halogens is 1. The Morgan fingerprint density at radius 2 is 2.00 bits per heavy atom. The standard InChI is InChI=1S/C14H12BrN3/c1-9-4-10(15)6-12(5-9)18-8-17-13-7-11(16)2-3-14(13)18/h2-8H,16H2,1H3. The van der Waals surface area contributed by atoms with Crippen LogP contribution in [0.4, 0.5) is 5.69 Å². The second kappa shape index (κ2) is 4.14. The van der Waals surface area contributed by atoms with Crippen LogP contribution in [0.1, 0.15) is 5.56 Å². The molecule has 2 N–H and O–H groups in total. The highest BCUT2D eigenvalue weighted by Crippen LogP contribution is 2.23. The number of aryl methyl sites for hydroxylation is 1. The van der Waals surface area contributed by atoms with E-state index >= 15 is 0 Å². The normalized spacial score (nSPS) is 11.0. The number of nitrogen functional groups attached to an aromatic ring is 1. The monoisotopic (exact) mass is 301 g/mol. The van der Waals surface area contributed by atoms with E-state index in [1.165, 1.54) is 5.56 Å². The zero-order chi connectivity index (χ0) is 12.7. The molecule has 0 fully saturated rings. The molecule has 3 rings (SSSR count). The molecule has 2 aromatic carbocycles. The highest BCUT2D eigenvalue weighted by atomic mass is 79.9. The Morgan fingerprint density at radius 3 is 2.78 bits per heavy atom. The summed E-state index contributed by atoms with van der Waals surface area (Å²) in [6.45, 7) is 2.07. The Bertz CT molecular complexity index is 711. The molecule has 0 bridgehead atoms. The quantitative estimate of drug-likeness (QED) is 0.697. The van der Waals surface area contributed by atoms with E-state index in [0.29, 0.717) is 0 Å². The zero-order valence-electron chi connectivity index (χ0n) is 9.89. The van der Waals surface area contributed by atoms with E-state index < -0.39 is 0 Å². The molecule has 4 heteroatoms. The summed E-state index contributed by atoms with van der Waals surface area (Å²) >= 11 is 3.52. The van der Waals surface area contributed by atoms with Gasteiger partial charge in [-0.3, -0.25) is 4.57 Å². The molecule has 0 aliphatic heterocycles. The lowest BCUT2D eigenvalue weighted by Crippen LogP contribution is -1.93. The molecule has 3 nitrogen and oxygen atoms in total. The lowest BCUT2D eigenvalue weighted by molar-refractivity contribution is 1.09. The fourth-order valence-electron chi connectivity index (χ4n) is 2.09. The molecule has 0 unspecified atom stereocenters. The van der Waals surface area contributed by atoms with Crippen LogP contribution >= 0.6 is 15.9 Å². The molecule has 0 saturated carbocycles. The molecule has 1 aromatic heterocycles. The van der Waals surface area contributed by atoms with E-state index in [4.69, 9.17) is 5.73 Å². The first-order valence-corrected chi connectivity index (χ1v) is 6.43. The zero-order valence-corrected chi connectivity index (χ0v) is 11.5. The summed E-state index contributed by atoms with van der Waals surface area (Å²) in [7, 11) is 0. The van der Waals surface area contributed by atoms with Crippen molar-refractivity contribution < 1.29 is 0 Å². The van der Waals surface area contributed by atoms with Crippen LogP contribution in [-0.4, -0.2) is 9.55 Å². The largest absolute Gasteiger partial charge is 0.399 e. The van der Waals surface area contributed by atoms with Crippen molar-refractivity contribution in [1.82, 2.24) is 9.55 Å². The summed E-state index contributed by atoms with van der Waals surface area (Å²) in [5.41, 5.74) is 10.8. The summed E-state index contributed by atoms with van der Waals surface area (Å²) in [6, 6.07) is 12.1. The van der Waals surface area contributed by atoms with Gasteiger partial charge in [0.15, 0.2) is 0 Å². The van der Waals surface area contributed by atoms with Gasteiger partial charge in [-0.1, -0.05) is 15.9 Å². The molecule has 3 aromatic rings. The SMILES string of the molecule is Cc1cc(Br)cc(-n2cnc3cc(N)ccc32)c1. The van der Waals surface area contributed by atoms with Crippen LogP contribution in [0.2, 0.25) is 0 Å². The number of imidazole rings is 1. The third-order valence-corrected chi connectivity index (χ3v) is 3.33. The molecule has 0 spiro atoms. The minimum atomic E-state index is 0.734. The van der Waals surface area contributed by atoms with E-state index in [1.54, 1.807) is 0 Å². The lowest BCUT2D eigenvalue weighted by atomic mass is 10.2. The van der Waals surface area contributed by atoms with Gasteiger partial charge >= 0.3 is 0 Å². The van der Waals surface area contributed by atoms with Gasteiger partial charge in [-0.05, 0) is 48.9 Å². The van der Waals surface area contributed by atoms with Crippen LogP contribution in [0.3, 0.4) is 0 Å². The second-order valence-electron chi connectivity index (χ2n) is 4.35. The van der Waals surface area contributed by atoms with Crippen molar-refractivity contribution in [2.24, 2.45) is 0 Å². The van der Waals surface area contributed by atoms with Crippen molar-refractivity contribution >= 4 is 32.7 Å². The molecular weight excluding hydrogens is 290 g/mol. The molecular formula is C14H12BrN3. The van der Waals surface area contributed by atoms with Gasteiger partial charge in [-0.15, -0.1) is 0 Å². The molecule has 18 heavy (non-hydrogen) atoms. The predicted octanol–water partition coefficient (Wildman–Crippen LogP) is 3.68. The first-order valence-electron chi connectivity index (χ1n) is 5.63. The molecule has 0 radical (unpaired) electrons. The Morgan fingerprint density at radius 1 is 1.17 bits per heavy atom. The summed E-state index contributed by atoms with van der Waals surface area (Å²) in [5.74, 6) is 0. The van der Waals surface area contributed by atoms with Gasteiger partial charge < -0.3 is 5.73 Å². The first-order chi connectivity index (χ1) is 8.63. The van der Waals surface area contributed by atoms with Crippen LogP contribution in [0, 0.1) is 6.92 Å². The van der Waals surface area contributed by atoms with E-state index in [0.717, 1.165) is 26.9 Å². The van der Waals surface area contributed by atoms with E-state index in [-0.39, 0.29) is 0 Å². The first kappa shape index (κ1) is 11.3. The average molecular weight is 302 g/mol. The number of anilines is 1. The van der Waals surface area contributed by atoms with Crippen molar-refractivity contribution in [3.8, 4) is 5.69 Å². The highest BCUT2D eigenvalue weighted by Gasteiger charge is 2.05. The minimum absolute atomic E-state index is 0.734. The van der Waals surface area contributed by atoms with Crippen molar-refractivity contribution in [3.05, 3.63) is 52.8 Å². The van der Waals surface area contributed by atoms with Crippen molar-refractivity contribution in [2.75, 3.05) is 5.73 Å². The van der Waals surface area contributed by atoms with Gasteiger partial charge in [0.1, 0.15) is 6.33 Å². The summed E-state index contributed by atoms with van der Waals surface area (Å²) in [6.07, 6.45) is 1.82. The van der Waals surface area contributed by atoms with Crippen molar-refractivity contribution in [3.63, 3.8) is 0 Å². The van der Waals surface area contributed by atoms with Crippen LogP contribution in [0.25, 0.3) is 16.7 Å². The van der Waals surface area contributed by atoms with Crippen LogP contribution in [0.15, 0.2) is 47.2 Å². The molecule has 1 heterocycles. The fourth-order valence-corrected chi connectivity index (χ4v) is 2.69. The molecule has 0 aliphatic carbocycles. The summed E-state index contributed by atoms with van der Waals surface area (Å²) < 4.78 is 3.13. The summed E-state index contributed by atoms with van der Waals surface area (Å²) in [5, 5.41) is 0. The average Bonchev–Trinajstić information content (AvgIpc) is 2.70. The van der Waals surface area contributed by atoms with E-state index in [1.807, 2.05) is 24.5 Å². The third-order valence-electron chi connectivity index (χ3n) is 2.88. The lowest BCUT2D eigenvalue weighted by Gasteiger charge is -2.06. The van der Waals surface area contributed by atoms with Gasteiger partial charge in [0.25, 0.3) is 0 Å². The molecule has 0 aliphatic rings. The van der Waals surface area contributed by atoms with E-state index in [9.17, 15) is 0 Å². The maximum Gasteiger partial charge on any atom is 0.100 e. The van der Waals surface area contributed by atoms with Crippen LogP contribution < -0.4 is 5.73 Å². The Balaban J connectivity index is 2.25. The highest BCUT2D eigenvalue weighted by molar-refractivity contribution is 9.10.